The van der Waals surface area contributed by atoms with Crippen LogP contribution in [-0.2, 0) is 0 Å². The molecule has 1 heterocycles. The lowest BCUT2D eigenvalue weighted by molar-refractivity contribution is 0.355. The zero-order valence-corrected chi connectivity index (χ0v) is 10.1. The van der Waals surface area contributed by atoms with Gasteiger partial charge in [0, 0.05) is 11.8 Å². The first kappa shape index (κ1) is 12.2. The number of nitrogen functional groups attached to an aromatic ring is 1. The van der Waals surface area contributed by atoms with Crippen LogP contribution in [0, 0.1) is 5.82 Å². The van der Waals surface area contributed by atoms with E-state index in [9.17, 15) is 4.39 Å². The van der Waals surface area contributed by atoms with Gasteiger partial charge in [0.15, 0.2) is 23.1 Å². The third-order valence-electron chi connectivity index (χ3n) is 2.59. The van der Waals surface area contributed by atoms with Gasteiger partial charge in [0.1, 0.15) is 0 Å². The van der Waals surface area contributed by atoms with Crippen molar-refractivity contribution in [2.75, 3.05) is 20.0 Å². The number of benzene rings is 1. The number of rotatable bonds is 3. The molecule has 0 bridgehead atoms. The number of hydrogen-bond donors (Lipinski definition) is 1. The summed E-state index contributed by atoms with van der Waals surface area (Å²) in [6.45, 7) is 0. The van der Waals surface area contributed by atoms with Crippen LogP contribution in [0.4, 0.5) is 10.2 Å². The number of ether oxygens (including phenoxy) is 2. The number of nitrogens with zero attached hydrogens (tertiary/aromatic N) is 1. The van der Waals surface area contributed by atoms with E-state index in [2.05, 4.69) is 4.98 Å². The number of methoxy groups -OCH3 is 2. The minimum absolute atomic E-state index is 0.112. The van der Waals surface area contributed by atoms with Crippen molar-refractivity contribution in [1.82, 2.24) is 4.98 Å². The third kappa shape index (κ3) is 2.20. The molecule has 0 saturated heterocycles. The molecule has 2 aromatic rings. The first-order valence-corrected chi connectivity index (χ1v) is 5.29. The molecule has 18 heavy (non-hydrogen) atoms. The summed E-state index contributed by atoms with van der Waals surface area (Å²) < 4.78 is 23.7. The number of aromatic nitrogens is 1. The largest absolute Gasteiger partial charge is 0.493 e. The molecule has 2 rings (SSSR count). The smallest absolute Gasteiger partial charge is 0.165 e. The number of nitrogens with two attached hydrogens (primary N) is 1. The summed E-state index contributed by atoms with van der Waals surface area (Å²) >= 11 is 0. The number of pyridine rings is 1. The fraction of sp³-hybridized carbons (Fsp3) is 0.154. The highest BCUT2D eigenvalue weighted by molar-refractivity contribution is 5.67. The van der Waals surface area contributed by atoms with Crippen molar-refractivity contribution in [3.05, 3.63) is 36.3 Å². The maximum Gasteiger partial charge on any atom is 0.165 e. The van der Waals surface area contributed by atoms with Crippen molar-refractivity contribution < 1.29 is 13.9 Å². The number of anilines is 1. The Morgan fingerprint density at radius 3 is 2.39 bits per heavy atom. The Hall–Kier alpha value is -2.30. The predicted molar refractivity (Wildman–Crippen MR) is 67.1 cm³/mol. The summed E-state index contributed by atoms with van der Waals surface area (Å²) in [6, 6.07) is 6.64. The fourth-order valence-electron chi connectivity index (χ4n) is 1.62. The second kappa shape index (κ2) is 4.91. The summed E-state index contributed by atoms with van der Waals surface area (Å²) in [5.74, 6) is 0.541. The molecular weight excluding hydrogens is 235 g/mol. The van der Waals surface area contributed by atoms with E-state index in [4.69, 9.17) is 15.2 Å². The van der Waals surface area contributed by atoms with Crippen molar-refractivity contribution in [3.8, 4) is 22.6 Å². The zero-order valence-electron chi connectivity index (χ0n) is 10.1. The molecule has 0 radical (unpaired) electrons. The summed E-state index contributed by atoms with van der Waals surface area (Å²) in [6.07, 6.45) is 1.51. The first-order valence-electron chi connectivity index (χ1n) is 5.29. The molecular formula is C13H13FN2O2. The van der Waals surface area contributed by atoms with Crippen molar-refractivity contribution >= 4 is 5.82 Å². The summed E-state index contributed by atoms with van der Waals surface area (Å²) in [4.78, 5) is 3.78. The quantitative estimate of drug-likeness (QED) is 0.906. The second-order valence-corrected chi connectivity index (χ2v) is 3.66. The zero-order chi connectivity index (χ0) is 13.1. The summed E-state index contributed by atoms with van der Waals surface area (Å²) in [7, 11) is 3.10. The van der Waals surface area contributed by atoms with Crippen molar-refractivity contribution in [2.24, 2.45) is 0 Å². The van der Waals surface area contributed by atoms with E-state index < -0.39 is 5.82 Å². The van der Waals surface area contributed by atoms with Gasteiger partial charge < -0.3 is 15.2 Å². The van der Waals surface area contributed by atoms with Gasteiger partial charge in [0.2, 0.25) is 0 Å². The number of halogens is 1. The average Bonchev–Trinajstić information content (AvgIpc) is 2.41. The molecule has 1 aromatic carbocycles. The molecule has 2 N–H and O–H groups in total. The van der Waals surface area contributed by atoms with Gasteiger partial charge in [0.05, 0.1) is 14.2 Å². The van der Waals surface area contributed by atoms with Gasteiger partial charge in [0.25, 0.3) is 0 Å². The second-order valence-electron chi connectivity index (χ2n) is 3.66. The van der Waals surface area contributed by atoms with Gasteiger partial charge >= 0.3 is 0 Å². The van der Waals surface area contributed by atoms with E-state index in [1.807, 2.05) is 0 Å². The number of hydrogen-bond acceptors (Lipinski definition) is 4. The van der Waals surface area contributed by atoms with Crippen LogP contribution in [0.3, 0.4) is 0 Å². The Balaban J connectivity index is 2.47. The standard InChI is InChI=1S/C13H13FN2O2/c1-17-11-4-3-8(6-12(11)18-2)9-5-10(14)13(15)16-7-9/h3-7H,1-2H3,(H2,15,16). The molecule has 0 unspecified atom stereocenters. The van der Waals surface area contributed by atoms with Gasteiger partial charge in [-0.3, -0.25) is 0 Å². The molecule has 0 fully saturated rings. The molecule has 0 amide bonds. The van der Waals surface area contributed by atoms with Crippen LogP contribution in [0.1, 0.15) is 0 Å². The van der Waals surface area contributed by atoms with Crippen LogP contribution in [0.25, 0.3) is 11.1 Å². The molecule has 0 saturated carbocycles. The molecule has 0 aliphatic rings. The van der Waals surface area contributed by atoms with E-state index in [0.717, 1.165) is 5.56 Å². The van der Waals surface area contributed by atoms with E-state index in [1.165, 1.54) is 12.3 Å². The monoisotopic (exact) mass is 248 g/mol. The Bertz CT molecular complexity index is 573. The third-order valence-corrected chi connectivity index (χ3v) is 2.59. The molecule has 0 atom stereocenters. The molecule has 0 aliphatic heterocycles. The van der Waals surface area contributed by atoms with Crippen molar-refractivity contribution in [2.45, 2.75) is 0 Å². The predicted octanol–water partition coefficient (Wildman–Crippen LogP) is 2.49. The maximum atomic E-state index is 13.3. The van der Waals surface area contributed by atoms with E-state index in [1.54, 1.807) is 32.4 Å². The van der Waals surface area contributed by atoms with Gasteiger partial charge in [-0.2, -0.15) is 0 Å². The van der Waals surface area contributed by atoms with Gasteiger partial charge in [-0.1, -0.05) is 6.07 Å². The van der Waals surface area contributed by atoms with E-state index >= 15 is 0 Å². The minimum Gasteiger partial charge on any atom is -0.493 e. The lowest BCUT2D eigenvalue weighted by atomic mass is 10.1. The van der Waals surface area contributed by atoms with Crippen LogP contribution < -0.4 is 15.2 Å². The molecule has 0 aliphatic carbocycles. The van der Waals surface area contributed by atoms with Crippen LogP contribution in [0.2, 0.25) is 0 Å². The Kier molecular flexibility index (Phi) is 3.32. The molecule has 1 aromatic heterocycles. The Morgan fingerprint density at radius 2 is 1.78 bits per heavy atom. The first-order chi connectivity index (χ1) is 8.65. The van der Waals surface area contributed by atoms with Crippen LogP contribution in [0.15, 0.2) is 30.5 Å². The van der Waals surface area contributed by atoms with Gasteiger partial charge in [-0.05, 0) is 23.8 Å². The van der Waals surface area contributed by atoms with Crippen LogP contribution in [0.5, 0.6) is 11.5 Å². The minimum atomic E-state index is -0.540. The van der Waals surface area contributed by atoms with Gasteiger partial charge in [-0.25, -0.2) is 9.37 Å². The molecule has 94 valence electrons. The lowest BCUT2D eigenvalue weighted by Gasteiger charge is -2.09. The topological polar surface area (TPSA) is 57.4 Å². The SMILES string of the molecule is COc1ccc(-c2cnc(N)c(F)c2)cc1OC. The Morgan fingerprint density at radius 1 is 1.06 bits per heavy atom. The average molecular weight is 248 g/mol. The van der Waals surface area contributed by atoms with Gasteiger partial charge in [-0.15, -0.1) is 0 Å². The maximum absolute atomic E-state index is 13.3. The molecule has 4 nitrogen and oxygen atoms in total. The summed E-state index contributed by atoms with van der Waals surface area (Å²) in [5, 5.41) is 0. The van der Waals surface area contributed by atoms with Crippen LogP contribution in [-0.4, -0.2) is 19.2 Å². The highest BCUT2D eigenvalue weighted by atomic mass is 19.1. The molecule has 5 heteroatoms. The summed E-state index contributed by atoms with van der Waals surface area (Å²) in [5.41, 5.74) is 6.74. The van der Waals surface area contributed by atoms with Crippen molar-refractivity contribution in [3.63, 3.8) is 0 Å². The van der Waals surface area contributed by atoms with Crippen molar-refractivity contribution in [1.29, 1.82) is 0 Å². The highest BCUT2D eigenvalue weighted by Gasteiger charge is 2.08. The van der Waals surface area contributed by atoms with Crippen LogP contribution >= 0.6 is 0 Å². The Labute approximate surface area is 104 Å². The lowest BCUT2D eigenvalue weighted by Crippen LogP contribution is -1.95. The fourth-order valence-corrected chi connectivity index (χ4v) is 1.62. The normalized spacial score (nSPS) is 10.2. The highest BCUT2D eigenvalue weighted by Crippen LogP contribution is 2.32. The van der Waals surface area contributed by atoms with E-state index in [0.29, 0.717) is 17.1 Å². The van der Waals surface area contributed by atoms with E-state index in [-0.39, 0.29) is 5.82 Å². The molecule has 0 spiro atoms.